The summed E-state index contributed by atoms with van der Waals surface area (Å²) in [4.78, 5) is 0. The van der Waals surface area contributed by atoms with Crippen LogP contribution in [0.1, 0.15) is 108 Å². The van der Waals surface area contributed by atoms with Crippen molar-refractivity contribution in [3.63, 3.8) is 0 Å². The van der Waals surface area contributed by atoms with Crippen molar-refractivity contribution < 1.29 is 42.8 Å². The van der Waals surface area contributed by atoms with Gasteiger partial charge < -0.3 is 38.2 Å². The molecule has 0 unspecified atom stereocenters. The molecule has 0 atom stereocenters. The third-order valence-electron chi connectivity index (χ3n) is 7.56. The molecule has 2 aromatic rings. The van der Waals surface area contributed by atoms with Gasteiger partial charge in [-0.2, -0.15) is 0 Å². The van der Waals surface area contributed by atoms with Crippen LogP contribution in [0.5, 0.6) is 17.2 Å². The van der Waals surface area contributed by atoms with Crippen LogP contribution in [-0.4, -0.2) is 37.7 Å². The first kappa shape index (κ1) is 32.5. The zero-order valence-corrected chi connectivity index (χ0v) is 26.5. The van der Waals surface area contributed by atoms with Crippen LogP contribution in [0.2, 0.25) is 0 Å². The average molecular weight is 636 g/mol. The summed E-state index contributed by atoms with van der Waals surface area (Å²) in [5.41, 5.74) is 5.47. The Balaban J connectivity index is 0.00000507. The quantitative estimate of drug-likeness (QED) is 0.126. The summed E-state index contributed by atoms with van der Waals surface area (Å²) in [6.45, 7) is 7.24. The lowest BCUT2D eigenvalue weighted by Crippen LogP contribution is -3.00. The zero-order valence-electron chi connectivity index (χ0n) is 24.3. The summed E-state index contributed by atoms with van der Waals surface area (Å²) in [5.74, 6) is 2.75. The molecule has 0 aromatic heterocycles. The van der Waals surface area contributed by atoms with E-state index in [0.717, 1.165) is 56.2 Å². The van der Waals surface area contributed by atoms with Crippen LogP contribution in [0, 0.1) is 0 Å². The molecule has 212 valence electrons. The molecular weight excluding hydrogens is 585 g/mol. The van der Waals surface area contributed by atoms with Gasteiger partial charge in [0.2, 0.25) is 0 Å². The molecular formula is C33H50INO3. The van der Waals surface area contributed by atoms with Crippen molar-refractivity contribution in [3.05, 3.63) is 53.1 Å². The molecule has 2 aromatic carbocycles. The largest absolute Gasteiger partial charge is 1.00 e. The maximum Gasteiger partial charge on any atom is 0.184 e. The van der Waals surface area contributed by atoms with Crippen LogP contribution >= 0.6 is 0 Å². The fourth-order valence-corrected chi connectivity index (χ4v) is 5.37. The number of hydrogen-bond donors (Lipinski definition) is 0. The van der Waals surface area contributed by atoms with Crippen molar-refractivity contribution in [3.8, 4) is 17.2 Å². The van der Waals surface area contributed by atoms with E-state index in [9.17, 15) is 0 Å². The zero-order chi connectivity index (χ0) is 26.3. The van der Waals surface area contributed by atoms with Gasteiger partial charge >= 0.3 is 0 Å². The first-order valence-corrected chi connectivity index (χ1v) is 14.8. The minimum Gasteiger partial charge on any atom is -1.00 e. The number of rotatable bonds is 18. The Hall–Kier alpha value is -1.76. The molecule has 1 aliphatic heterocycles. The van der Waals surface area contributed by atoms with Gasteiger partial charge in [0.15, 0.2) is 23.8 Å². The molecule has 0 fully saturated rings. The first-order chi connectivity index (χ1) is 18.2. The predicted octanol–water partition coefficient (Wildman–Crippen LogP) is 5.37. The van der Waals surface area contributed by atoms with Crippen molar-refractivity contribution in [2.45, 2.75) is 104 Å². The number of ether oxygens (including phenoxy) is 3. The third-order valence-corrected chi connectivity index (χ3v) is 7.56. The Morgan fingerprint density at radius 3 is 2.05 bits per heavy atom. The van der Waals surface area contributed by atoms with E-state index in [1.807, 2.05) is 0 Å². The lowest BCUT2D eigenvalue weighted by Gasteiger charge is -2.23. The Morgan fingerprint density at radius 2 is 1.39 bits per heavy atom. The van der Waals surface area contributed by atoms with Gasteiger partial charge in [-0.05, 0) is 49.2 Å². The minimum atomic E-state index is 0. The van der Waals surface area contributed by atoms with Gasteiger partial charge in [0.05, 0.1) is 20.8 Å². The highest BCUT2D eigenvalue weighted by Crippen LogP contribution is 2.37. The van der Waals surface area contributed by atoms with Crippen LogP contribution in [0.4, 0.5) is 0 Å². The van der Waals surface area contributed by atoms with Gasteiger partial charge in [-0.15, -0.1) is 0 Å². The average Bonchev–Trinajstić information content (AvgIpc) is 2.93. The number of methoxy groups -OCH3 is 2. The van der Waals surface area contributed by atoms with Crippen LogP contribution < -0.4 is 38.2 Å². The molecule has 38 heavy (non-hydrogen) atoms. The number of benzene rings is 2. The molecule has 1 aliphatic rings. The molecule has 1 heterocycles. The first-order valence-electron chi connectivity index (χ1n) is 14.8. The van der Waals surface area contributed by atoms with Gasteiger partial charge in [-0.3, -0.25) is 0 Å². The van der Waals surface area contributed by atoms with E-state index in [1.165, 1.54) is 86.6 Å². The second-order valence-corrected chi connectivity index (χ2v) is 10.4. The number of unbranched alkanes of at least 4 members (excludes halogenated alkanes) is 9. The molecule has 0 spiro atoms. The Bertz CT molecular complexity index is 971. The highest BCUT2D eigenvalue weighted by Gasteiger charge is 2.29. The number of fused-ring (bicyclic) bond motifs is 1. The van der Waals surface area contributed by atoms with E-state index in [1.54, 1.807) is 14.2 Å². The van der Waals surface area contributed by atoms with Gasteiger partial charge in [0.25, 0.3) is 0 Å². The Labute approximate surface area is 249 Å². The SMILES string of the molecule is CCCCCCCCOc1c(OC)ccc2c1CC[N+](Cc1ccc(OC)cc1)=C2CCCCCCC.[I-]. The molecule has 4 nitrogen and oxygen atoms in total. The topological polar surface area (TPSA) is 30.7 Å². The van der Waals surface area contributed by atoms with E-state index in [2.05, 4.69) is 54.8 Å². The summed E-state index contributed by atoms with van der Waals surface area (Å²) < 4.78 is 20.2. The van der Waals surface area contributed by atoms with Crippen molar-refractivity contribution in [1.82, 2.24) is 0 Å². The summed E-state index contributed by atoms with van der Waals surface area (Å²) in [7, 11) is 3.48. The monoisotopic (exact) mass is 635 g/mol. The molecule has 0 N–H and O–H groups in total. The van der Waals surface area contributed by atoms with Crippen molar-refractivity contribution in [2.24, 2.45) is 0 Å². The van der Waals surface area contributed by atoms with Gasteiger partial charge in [0, 0.05) is 29.5 Å². The maximum atomic E-state index is 6.45. The Kier molecular flexibility index (Phi) is 15.8. The minimum absolute atomic E-state index is 0. The van der Waals surface area contributed by atoms with Crippen molar-refractivity contribution in [1.29, 1.82) is 0 Å². The smallest absolute Gasteiger partial charge is 0.184 e. The summed E-state index contributed by atoms with van der Waals surface area (Å²) in [6.07, 6.45) is 16.1. The highest BCUT2D eigenvalue weighted by molar-refractivity contribution is 5.99. The molecule has 5 heteroatoms. The molecule has 0 amide bonds. The van der Waals surface area contributed by atoms with E-state index in [-0.39, 0.29) is 24.0 Å². The van der Waals surface area contributed by atoms with Crippen LogP contribution in [0.25, 0.3) is 0 Å². The van der Waals surface area contributed by atoms with E-state index >= 15 is 0 Å². The highest BCUT2D eigenvalue weighted by atomic mass is 127. The summed E-state index contributed by atoms with van der Waals surface area (Å²) >= 11 is 0. The fraction of sp³-hybridized carbons (Fsp3) is 0.606. The number of halogens is 1. The van der Waals surface area contributed by atoms with Crippen LogP contribution in [0.3, 0.4) is 0 Å². The van der Waals surface area contributed by atoms with Gasteiger partial charge in [0.1, 0.15) is 12.3 Å². The number of nitrogens with zero attached hydrogens (tertiary/aromatic N) is 1. The lowest BCUT2D eigenvalue weighted by atomic mass is 9.92. The molecule has 0 bridgehead atoms. The molecule has 0 saturated carbocycles. The fourth-order valence-electron chi connectivity index (χ4n) is 5.37. The van der Waals surface area contributed by atoms with Crippen LogP contribution in [-0.2, 0) is 13.0 Å². The predicted molar refractivity (Wildman–Crippen MR) is 155 cm³/mol. The van der Waals surface area contributed by atoms with Crippen molar-refractivity contribution in [2.75, 3.05) is 27.4 Å². The second kappa shape index (κ2) is 18.5. The van der Waals surface area contributed by atoms with E-state index in [4.69, 9.17) is 14.2 Å². The molecule has 3 rings (SSSR count). The second-order valence-electron chi connectivity index (χ2n) is 10.4. The third kappa shape index (κ3) is 9.77. The van der Waals surface area contributed by atoms with Crippen LogP contribution in [0.15, 0.2) is 36.4 Å². The molecule has 0 radical (unpaired) electrons. The summed E-state index contributed by atoms with van der Waals surface area (Å²) in [5, 5.41) is 0. The summed E-state index contributed by atoms with van der Waals surface area (Å²) in [6, 6.07) is 12.9. The van der Waals surface area contributed by atoms with E-state index in [0.29, 0.717) is 0 Å². The Morgan fingerprint density at radius 1 is 0.737 bits per heavy atom. The normalized spacial score (nSPS) is 12.6. The van der Waals surface area contributed by atoms with Crippen molar-refractivity contribution >= 4 is 5.71 Å². The standard InChI is InChI=1S/C33H50NO3.HI/c1-5-7-9-11-13-15-25-37-33-30-23-24-34(26-27-17-19-28(35-3)20-18-27)31(16-14-12-10-8-6-2)29(30)21-22-32(33)36-4;/h17-22H,5-16,23-26H2,1-4H3;1H/q+1;/p-1. The molecule has 0 aliphatic carbocycles. The molecule has 0 saturated heterocycles. The maximum absolute atomic E-state index is 6.45. The van der Waals surface area contributed by atoms with Gasteiger partial charge in [-0.1, -0.05) is 71.6 Å². The lowest BCUT2D eigenvalue weighted by molar-refractivity contribution is -0.545. The van der Waals surface area contributed by atoms with E-state index < -0.39 is 0 Å². The number of hydrogen-bond acceptors (Lipinski definition) is 3. The van der Waals surface area contributed by atoms with Gasteiger partial charge in [-0.25, -0.2) is 4.58 Å².